The fourth-order valence-electron chi connectivity index (χ4n) is 1.73. The highest BCUT2D eigenvalue weighted by Crippen LogP contribution is 2.11. The second kappa shape index (κ2) is 5.80. The minimum absolute atomic E-state index is 0.779. The molecule has 0 fully saturated rings. The number of pyridine rings is 1. The molecule has 0 saturated carbocycles. The summed E-state index contributed by atoms with van der Waals surface area (Å²) in [7, 11) is 2.09. The predicted octanol–water partition coefficient (Wildman–Crippen LogP) is 3.37. The van der Waals surface area contributed by atoms with Crippen molar-refractivity contribution in [2.75, 3.05) is 7.05 Å². The fraction of sp³-hybridized carbons (Fsp3) is 0.214. The summed E-state index contributed by atoms with van der Waals surface area (Å²) < 4.78 is 0. The summed E-state index contributed by atoms with van der Waals surface area (Å²) in [5, 5.41) is 0.779. The minimum atomic E-state index is 0.779. The van der Waals surface area contributed by atoms with E-state index in [-0.39, 0.29) is 0 Å². The molecular formula is C14H15ClN2. The van der Waals surface area contributed by atoms with Crippen molar-refractivity contribution in [2.45, 2.75) is 13.1 Å². The molecule has 2 rings (SSSR count). The summed E-state index contributed by atoms with van der Waals surface area (Å²) in [5.41, 5.74) is 2.34. The van der Waals surface area contributed by atoms with Crippen LogP contribution in [0.3, 0.4) is 0 Å². The largest absolute Gasteiger partial charge is 0.296 e. The van der Waals surface area contributed by atoms with Crippen LogP contribution in [0.4, 0.5) is 0 Å². The summed E-state index contributed by atoms with van der Waals surface area (Å²) in [6.45, 7) is 1.75. The first-order valence-electron chi connectivity index (χ1n) is 5.57. The Balaban J connectivity index is 1.93. The number of hydrogen-bond donors (Lipinski definition) is 0. The van der Waals surface area contributed by atoms with Gasteiger partial charge in [-0.3, -0.25) is 9.88 Å². The van der Waals surface area contributed by atoms with Gasteiger partial charge in [-0.15, -0.1) is 0 Å². The monoisotopic (exact) mass is 246 g/mol. The molecule has 1 heterocycles. The van der Waals surface area contributed by atoms with Gasteiger partial charge in [0.2, 0.25) is 0 Å². The quantitative estimate of drug-likeness (QED) is 0.822. The average Bonchev–Trinajstić information content (AvgIpc) is 2.33. The molecule has 1 aromatic carbocycles. The lowest BCUT2D eigenvalue weighted by Crippen LogP contribution is -2.17. The van der Waals surface area contributed by atoms with Gasteiger partial charge >= 0.3 is 0 Å². The Labute approximate surface area is 107 Å². The summed E-state index contributed by atoms with van der Waals surface area (Å²) in [6.07, 6.45) is 1.82. The number of aromatic nitrogens is 1. The molecule has 88 valence electrons. The Morgan fingerprint density at radius 3 is 2.47 bits per heavy atom. The lowest BCUT2D eigenvalue weighted by atomic mass is 10.2. The Hall–Kier alpha value is -1.38. The molecular weight excluding hydrogens is 232 g/mol. The van der Waals surface area contributed by atoms with Crippen LogP contribution in [-0.4, -0.2) is 16.9 Å². The van der Waals surface area contributed by atoms with Crippen molar-refractivity contribution in [1.29, 1.82) is 0 Å². The van der Waals surface area contributed by atoms with Gasteiger partial charge in [0.15, 0.2) is 0 Å². The molecule has 0 radical (unpaired) electrons. The zero-order valence-corrected chi connectivity index (χ0v) is 10.6. The van der Waals surface area contributed by atoms with E-state index in [9.17, 15) is 0 Å². The summed E-state index contributed by atoms with van der Waals surface area (Å²) in [5.74, 6) is 0. The maximum atomic E-state index is 5.85. The van der Waals surface area contributed by atoms with Crippen LogP contribution in [0.5, 0.6) is 0 Å². The highest BCUT2D eigenvalue weighted by molar-refractivity contribution is 6.30. The van der Waals surface area contributed by atoms with E-state index in [2.05, 4.69) is 29.1 Å². The van der Waals surface area contributed by atoms with Gasteiger partial charge < -0.3 is 0 Å². The molecule has 0 N–H and O–H groups in total. The molecule has 1 aromatic heterocycles. The first kappa shape index (κ1) is 12.1. The topological polar surface area (TPSA) is 16.1 Å². The van der Waals surface area contributed by atoms with Crippen molar-refractivity contribution in [2.24, 2.45) is 0 Å². The van der Waals surface area contributed by atoms with Crippen LogP contribution in [0.1, 0.15) is 11.3 Å². The third-order valence-corrected chi connectivity index (χ3v) is 2.78. The van der Waals surface area contributed by atoms with E-state index in [1.54, 1.807) is 0 Å². The van der Waals surface area contributed by atoms with Gasteiger partial charge in [0.05, 0.1) is 5.69 Å². The van der Waals surface area contributed by atoms with Crippen LogP contribution < -0.4 is 0 Å². The van der Waals surface area contributed by atoms with E-state index in [4.69, 9.17) is 11.6 Å². The van der Waals surface area contributed by atoms with Crippen LogP contribution in [0.2, 0.25) is 5.02 Å². The number of halogens is 1. The van der Waals surface area contributed by atoms with Crippen molar-refractivity contribution in [3.05, 3.63) is 64.9 Å². The first-order chi connectivity index (χ1) is 8.24. The molecule has 2 nitrogen and oxygen atoms in total. The second-order valence-electron chi connectivity index (χ2n) is 4.12. The van der Waals surface area contributed by atoms with Crippen molar-refractivity contribution in [1.82, 2.24) is 9.88 Å². The molecule has 0 amide bonds. The van der Waals surface area contributed by atoms with Crippen LogP contribution in [-0.2, 0) is 13.1 Å². The highest BCUT2D eigenvalue weighted by Gasteiger charge is 2.02. The molecule has 0 aliphatic heterocycles. The van der Waals surface area contributed by atoms with E-state index >= 15 is 0 Å². The smallest absolute Gasteiger partial charge is 0.0543 e. The minimum Gasteiger partial charge on any atom is -0.296 e. The third kappa shape index (κ3) is 3.84. The van der Waals surface area contributed by atoms with Crippen LogP contribution >= 0.6 is 11.6 Å². The Bertz CT molecular complexity index is 453. The molecule has 3 heteroatoms. The molecule has 0 saturated heterocycles. The van der Waals surface area contributed by atoms with Gasteiger partial charge in [0, 0.05) is 24.3 Å². The lowest BCUT2D eigenvalue weighted by Gasteiger charge is -2.16. The van der Waals surface area contributed by atoms with Crippen LogP contribution in [0.25, 0.3) is 0 Å². The predicted molar refractivity (Wildman–Crippen MR) is 70.9 cm³/mol. The lowest BCUT2D eigenvalue weighted by molar-refractivity contribution is 0.315. The average molecular weight is 247 g/mol. The van der Waals surface area contributed by atoms with Gasteiger partial charge in [0.25, 0.3) is 0 Å². The zero-order chi connectivity index (χ0) is 12.1. The fourth-order valence-corrected chi connectivity index (χ4v) is 1.85. The highest BCUT2D eigenvalue weighted by atomic mass is 35.5. The number of nitrogens with zero attached hydrogens (tertiary/aromatic N) is 2. The molecule has 0 aliphatic rings. The van der Waals surface area contributed by atoms with Gasteiger partial charge in [-0.2, -0.15) is 0 Å². The van der Waals surface area contributed by atoms with Crippen molar-refractivity contribution in [3.63, 3.8) is 0 Å². The third-order valence-electron chi connectivity index (χ3n) is 2.52. The van der Waals surface area contributed by atoms with Gasteiger partial charge in [-0.05, 0) is 36.9 Å². The Kier molecular flexibility index (Phi) is 4.13. The van der Waals surface area contributed by atoms with Crippen molar-refractivity contribution in [3.8, 4) is 0 Å². The maximum absolute atomic E-state index is 5.85. The van der Waals surface area contributed by atoms with E-state index in [0.29, 0.717) is 0 Å². The summed E-state index contributed by atoms with van der Waals surface area (Å²) >= 11 is 5.85. The molecule has 0 unspecified atom stereocenters. The van der Waals surface area contributed by atoms with E-state index in [0.717, 1.165) is 23.8 Å². The summed E-state index contributed by atoms with van der Waals surface area (Å²) in [4.78, 5) is 6.54. The Morgan fingerprint density at radius 1 is 1.06 bits per heavy atom. The van der Waals surface area contributed by atoms with Crippen LogP contribution in [0, 0.1) is 0 Å². The second-order valence-corrected chi connectivity index (χ2v) is 4.56. The number of benzene rings is 1. The van der Waals surface area contributed by atoms with Crippen LogP contribution in [0.15, 0.2) is 48.7 Å². The molecule has 0 spiro atoms. The molecule has 0 atom stereocenters. The maximum Gasteiger partial charge on any atom is 0.0543 e. The normalized spacial score (nSPS) is 10.8. The van der Waals surface area contributed by atoms with E-state index < -0.39 is 0 Å². The summed E-state index contributed by atoms with van der Waals surface area (Å²) in [6, 6.07) is 13.9. The zero-order valence-electron chi connectivity index (χ0n) is 9.81. The number of hydrogen-bond acceptors (Lipinski definition) is 2. The van der Waals surface area contributed by atoms with Crippen molar-refractivity contribution >= 4 is 11.6 Å². The number of rotatable bonds is 4. The molecule has 0 bridgehead atoms. The van der Waals surface area contributed by atoms with Gasteiger partial charge in [-0.25, -0.2) is 0 Å². The molecule has 0 aliphatic carbocycles. The van der Waals surface area contributed by atoms with Crippen molar-refractivity contribution < 1.29 is 0 Å². The standard InChI is InChI=1S/C14H15ClN2/c1-17(11-14-4-2-3-9-16-14)10-12-5-7-13(15)8-6-12/h2-9H,10-11H2,1H3. The van der Waals surface area contributed by atoms with E-state index in [1.165, 1.54) is 5.56 Å². The van der Waals surface area contributed by atoms with Gasteiger partial charge in [0.1, 0.15) is 0 Å². The molecule has 2 aromatic rings. The van der Waals surface area contributed by atoms with E-state index in [1.807, 2.05) is 36.5 Å². The first-order valence-corrected chi connectivity index (χ1v) is 5.95. The van der Waals surface area contributed by atoms with Gasteiger partial charge in [-0.1, -0.05) is 29.8 Å². The Morgan fingerprint density at radius 2 is 1.82 bits per heavy atom. The molecule has 17 heavy (non-hydrogen) atoms. The SMILES string of the molecule is CN(Cc1ccc(Cl)cc1)Cc1ccccn1.